The largest absolute Gasteiger partial charge is 0.493 e. The van der Waals surface area contributed by atoms with Crippen molar-refractivity contribution in [1.82, 2.24) is 14.5 Å². The summed E-state index contributed by atoms with van der Waals surface area (Å²) >= 11 is 0. The zero-order valence-electron chi connectivity index (χ0n) is 26.4. The molecule has 1 heterocycles. The number of rotatable bonds is 9. The molecule has 2 amide bonds. The first-order chi connectivity index (χ1) is 20.8. The maximum Gasteiger partial charge on any atom is 0.245 e. The molecule has 12 nitrogen and oxygen atoms in total. The van der Waals surface area contributed by atoms with Crippen LogP contribution in [0.25, 0.3) is 11.1 Å². The van der Waals surface area contributed by atoms with Crippen LogP contribution in [-0.4, -0.2) is 89.2 Å². The maximum atomic E-state index is 13.8. The van der Waals surface area contributed by atoms with Gasteiger partial charge in [0.25, 0.3) is 0 Å². The summed E-state index contributed by atoms with van der Waals surface area (Å²) in [5, 5.41) is 6.19. The molecule has 13 heteroatoms. The van der Waals surface area contributed by atoms with E-state index in [4.69, 9.17) is 14.2 Å². The van der Waals surface area contributed by atoms with E-state index in [2.05, 4.69) is 10.6 Å². The van der Waals surface area contributed by atoms with Crippen LogP contribution in [0.1, 0.15) is 44.4 Å². The number of carbonyl (C=O) groups excluding carboxylic acids is 2. The van der Waals surface area contributed by atoms with E-state index in [1.165, 1.54) is 31.5 Å². The van der Waals surface area contributed by atoms with Crippen LogP contribution in [0.4, 0.5) is 5.69 Å². The lowest BCUT2D eigenvalue weighted by Gasteiger charge is -2.36. The molecule has 2 atom stereocenters. The number of fused-ring (bicyclic) bond motifs is 3. The molecule has 0 bridgehead atoms. The quantitative estimate of drug-likeness (QED) is 0.427. The number of benzene rings is 1. The van der Waals surface area contributed by atoms with Crippen molar-refractivity contribution in [2.75, 3.05) is 59.1 Å². The summed E-state index contributed by atoms with van der Waals surface area (Å²) in [4.78, 5) is 41.3. The third kappa shape index (κ3) is 6.78. The van der Waals surface area contributed by atoms with E-state index in [1.54, 1.807) is 24.1 Å². The molecule has 4 rings (SSSR count). The molecular weight excluding hydrogens is 588 g/mol. The van der Waals surface area contributed by atoms with Gasteiger partial charge < -0.3 is 29.7 Å². The number of methoxy groups -OCH3 is 3. The minimum atomic E-state index is -3.34. The van der Waals surface area contributed by atoms with E-state index in [9.17, 15) is 22.8 Å². The van der Waals surface area contributed by atoms with Gasteiger partial charge in [-0.1, -0.05) is 19.9 Å². The molecule has 1 saturated heterocycles. The van der Waals surface area contributed by atoms with Crippen LogP contribution in [0.5, 0.6) is 17.2 Å². The second-order valence-electron chi connectivity index (χ2n) is 11.4. The van der Waals surface area contributed by atoms with Gasteiger partial charge in [-0.3, -0.25) is 14.4 Å². The Morgan fingerprint density at radius 3 is 2.18 bits per heavy atom. The van der Waals surface area contributed by atoms with Crippen molar-refractivity contribution in [3.63, 3.8) is 0 Å². The van der Waals surface area contributed by atoms with Gasteiger partial charge >= 0.3 is 0 Å². The van der Waals surface area contributed by atoms with Crippen LogP contribution in [0.3, 0.4) is 0 Å². The number of sulfonamides is 1. The van der Waals surface area contributed by atoms with Gasteiger partial charge in [0.1, 0.15) is 6.04 Å². The molecule has 44 heavy (non-hydrogen) atoms. The van der Waals surface area contributed by atoms with E-state index in [0.29, 0.717) is 41.2 Å². The first-order valence-electron chi connectivity index (χ1n) is 14.6. The number of aryl methyl sites for hydroxylation is 1. The Labute approximate surface area is 258 Å². The van der Waals surface area contributed by atoms with Crippen molar-refractivity contribution >= 4 is 27.5 Å². The number of amides is 2. The first-order valence-corrected chi connectivity index (χ1v) is 16.4. The average Bonchev–Trinajstić information content (AvgIpc) is 3.22. The van der Waals surface area contributed by atoms with Crippen LogP contribution in [-0.2, 0) is 26.0 Å². The highest BCUT2D eigenvalue weighted by molar-refractivity contribution is 7.88. The molecule has 2 N–H and O–H groups in total. The third-order valence-electron chi connectivity index (χ3n) is 8.18. The van der Waals surface area contributed by atoms with Gasteiger partial charge in [-0.2, -0.15) is 4.31 Å². The molecule has 240 valence electrons. The van der Waals surface area contributed by atoms with Crippen LogP contribution in [0.15, 0.2) is 29.1 Å². The SMILES string of the molecule is COc1cc2c(c(OC)c1OC)-c1ccc(N[C@H](C(=O)N3CCN(S(C)(=O)=O)CC3)C(C)C)c(=O)cc1[C@@H](NC(C)=O)CC2. The maximum absolute atomic E-state index is 13.8. The number of carbonyl (C=O) groups is 2. The van der Waals surface area contributed by atoms with Crippen molar-refractivity contribution in [2.45, 2.75) is 45.7 Å². The van der Waals surface area contributed by atoms with Gasteiger partial charge in [0.15, 0.2) is 11.5 Å². The first kappa shape index (κ1) is 33.1. The molecule has 2 aliphatic rings. The topological polar surface area (TPSA) is 144 Å². The van der Waals surface area contributed by atoms with Crippen LogP contribution < -0.4 is 30.3 Å². The molecular formula is C31H42N4O8S. The minimum absolute atomic E-state index is 0.178. The van der Waals surface area contributed by atoms with Gasteiger partial charge in [-0.25, -0.2) is 8.42 Å². The number of hydrogen-bond donors (Lipinski definition) is 2. The summed E-state index contributed by atoms with van der Waals surface area (Å²) in [6.45, 7) is 6.17. The molecule has 0 spiro atoms. The smallest absolute Gasteiger partial charge is 0.245 e. The van der Waals surface area contributed by atoms with E-state index in [1.807, 2.05) is 19.9 Å². The summed E-state index contributed by atoms with van der Waals surface area (Å²) in [6, 6.07) is 5.67. The minimum Gasteiger partial charge on any atom is -0.493 e. The van der Waals surface area contributed by atoms with Gasteiger partial charge in [-0.15, -0.1) is 0 Å². The van der Waals surface area contributed by atoms with Gasteiger partial charge in [0.2, 0.25) is 33.0 Å². The summed E-state index contributed by atoms with van der Waals surface area (Å²) in [6.07, 6.45) is 2.26. The fourth-order valence-corrected chi connectivity index (χ4v) is 6.77. The molecule has 2 aromatic carbocycles. The lowest BCUT2D eigenvalue weighted by atomic mass is 9.95. The van der Waals surface area contributed by atoms with E-state index in [-0.39, 0.29) is 55.0 Å². The van der Waals surface area contributed by atoms with E-state index >= 15 is 0 Å². The van der Waals surface area contributed by atoms with Crippen molar-refractivity contribution in [3.05, 3.63) is 45.6 Å². The zero-order chi connectivity index (χ0) is 32.3. The second kappa shape index (κ2) is 13.4. The average molecular weight is 631 g/mol. The van der Waals surface area contributed by atoms with E-state index in [0.717, 1.165) is 17.4 Å². The van der Waals surface area contributed by atoms with Crippen molar-refractivity contribution in [1.29, 1.82) is 0 Å². The standard InChI is InChI=1S/C31H42N4O8S/c1-18(2)28(31(38)34-12-14-35(15-13-34)44(7,39)40)33-24-11-9-21-22(17-25(24)37)23(32-19(3)36)10-8-20-16-26(41-4)29(42-5)30(43-6)27(20)21/h9,11,16-18,23,28H,8,10,12-15H2,1-7H3,(H,32,36)(H,33,37)/t23-,28-/m0/s1. The Kier molecular flexibility index (Phi) is 10.1. The summed E-state index contributed by atoms with van der Waals surface area (Å²) in [7, 11) is 1.27. The number of nitrogens with one attached hydrogen (secondary N) is 2. The van der Waals surface area contributed by atoms with Crippen LogP contribution >= 0.6 is 0 Å². The molecule has 0 radical (unpaired) electrons. The highest BCUT2D eigenvalue weighted by Gasteiger charge is 2.33. The predicted octanol–water partition coefficient (Wildman–Crippen LogP) is 2.40. The Bertz CT molecular complexity index is 1590. The summed E-state index contributed by atoms with van der Waals surface area (Å²) in [5.41, 5.74) is 2.82. The Morgan fingerprint density at radius 1 is 0.977 bits per heavy atom. The Hall–Kier alpha value is -3.84. The fourth-order valence-electron chi connectivity index (χ4n) is 5.94. The number of anilines is 1. The zero-order valence-corrected chi connectivity index (χ0v) is 27.2. The predicted molar refractivity (Wildman–Crippen MR) is 168 cm³/mol. The molecule has 2 aromatic rings. The third-order valence-corrected chi connectivity index (χ3v) is 9.48. The van der Waals surface area contributed by atoms with Crippen molar-refractivity contribution in [3.8, 4) is 28.4 Å². The number of hydrogen-bond acceptors (Lipinski definition) is 9. The number of piperazine rings is 1. The molecule has 1 aliphatic carbocycles. The molecule has 0 saturated carbocycles. The Balaban J connectivity index is 1.79. The van der Waals surface area contributed by atoms with Crippen molar-refractivity contribution in [2.24, 2.45) is 5.92 Å². The van der Waals surface area contributed by atoms with Crippen LogP contribution in [0, 0.1) is 5.92 Å². The monoisotopic (exact) mass is 630 g/mol. The van der Waals surface area contributed by atoms with Gasteiger partial charge in [0.05, 0.1) is 39.3 Å². The molecule has 1 aliphatic heterocycles. The molecule has 0 unspecified atom stereocenters. The summed E-state index contributed by atoms with van der Waals surface area (Å²) < 4.78 is 42.3. The van der Waals surface area contributed by atoms with Gasteiger partial charge in [-0.05, 0) is 53.6 Å². The number of nitrogens with zero attached hydrogens (tertiary/aromatic N) is 2. The second-order valence-corrected chi connectivity index (χ2v) is 13.4. The highest BCUT2D eigenvalue weighted by Crippen LogP contribution is 2.50. The van der Waals surface area contributed by atoms with Crippen molar-refractivity contribution < 1.29 is 32.2 Å². The number of ether oxygens (including phenoxy) is 3. The molecule has 1 fully saturated rings. The Morgan fingerprint density at radius 2 is 1.64 bits per heavy atom. The summed E-state index contributed by atoms with van der Waals surface area (Å²) in [5.74, 6) is 0.746. The van der Waals surface area contributed by atoms with Crippen LogP contribution in [0.2, 0.25) is 0 Å². The normalized spacial score (nSPS) is 17.5. The van der Waals surface area contributed by atoms with E-state index < -0.39 is 22.1 Å². The fraction of sp³-hybridized carbons (Fsp3) is 0.516. The lowest BCUT2D eigenvalue weighted by molar-refractivity contribution is -0.134. The van der Waals surface area contributed by atoms with Gasteiger partial charge in [0, 0.05) is 38.7 Å². The lowest BCUT2D eigenvalue weighted by Crippen LogP contribution is -2.54. The highest BCUT2D eigenvalue weighted by atomic mass is 32.2. The molecule has 0 aromatic heterocycles.